The van der Waals surface area contributed by atoms with Gasteiger partial charge in [0.05, 0.1) is 6.61 Å². The smallest absolute Gasteiger partial charge is 0.327 e. The van der Waals surface area contributed by atoms with Gasteiger partial charge < -0.3 is 4.74 Å². The molecule has 1 aliphatic carbocycles. The van der Waals surface area contributed by atoms with Gasteiger partial charge >= 0.3 is 5.97 Å². The Bertz CT molecular complexity index is 413. The molecule has 104 valence electrons. The van der Waals surface area contributed by atoms with Crippen LogP contribution in [0.1, 0.15) is 44.2 Å². The maximum absolute atomic E-state index is 12.1. The maximum Gasteiger partial charge on any atom is 0.327 e. The number of nitrogens with one attached hydrogen (secondary N) is 1. The van der Waals surface area contributed by atoms with Crippen LogP contribution in [0.3, 0.4) is 0 Å². The molecule has 1 atom stereocenters. The van der Waals surface area contributed by atoms with Crippen molar-refractivity contribution in [3.8, 4) is 0 Å². The summed E-state index contributed by atoms with van der Waals surface area (Å²) in [4.78, 5) is 12.1. The lowest BCUT2D eigenvalue weighted by Crippen LogP contribution is -2.36. The highest BCUT2D eigenvalue weighted by Crippen LogP contribution is 2.24. The molecule has 1 aliphatic rings. The number of halogens is 1. The third-order valence-corrected chi connectivity index (χ3v) is 3.74. The fourth-order valence-corrected chi connectivity index (χ4v) is 2.64. The van der Waals surface area contributed by atoms with Crippen molar-refractivity contribution in [2.75, 3.05) is 6.61 Å². The Morgan fingerprint density at radius 2 is 2.00 bits per heavy atom. The van der Waals surface area contributed by atoms with E-state index in [2.05, 4.69) is 5.32 Å². The molecular formula is C15H20ClNO2. The van der Waals surface area contributed by atoms with Gasteiger partial charge in [-0.2, -0.15) is 0 Å². The summed E-state index contributed by atoms with van der Waals surface area (Å²) < 4.78 is 5.16. The Morgan fingerprint density at radius 3 is 2.58 bits per heavy atom. The first kappa shape index (κ1) is 14.4. The van der Waals surface area contributed by atoms with E-state index in [9.17, 15) is 4.79 Å². The van der Waals surface area contributed by atoms with Crippen molar-refractivity contribution >= 4 is 17.6 Å². The maximum atomic E-state index is 12.1. The molecule has 0 amide bonds. The molecule has 1 aromatic rings. The zero-order chi connectivity index (χ0) is 13.7. The number of carbonyl (C=O) groups excluding carboxylic acids is 1. The molecule has 0 aromatic heterocycles. The molecule has 19 heavy (non-hydrogen) atoms. The summed E-state index contributed by atoms with van der Waals surface area (Å²) in [6.07, 6.45) is 4.72. The normalized spacial score (nSPS) is 17.4. The second-order valence-corrected chi connectivity index (χ2v) is 5.32. The standard InChI is InChI=1S/C15H20ClNO2/c1-2-19-15(18)14(17-13-5-3-4-6-13)11-7-9-12(16)10-8-11/h7-10,13-14,17H,2-6H2,1H3. The highest BCUT2D eigenvalue weighted by atomic mass is 35.5. The van der Waals surface area contributed by atoms with E-state index in [0.29, 0.717) is 17.7 Å². The third kappa shape index (κ3) is 3.95. The number of esters is 1. The second-order valence-electron chi connectivity index (χ2n) is 4.88. The Kier molecular flexibility index (Phi) is 5.23. The van der Waals surface area contributed by atoms with Gasteiger partial charge in [0.2, 0.25) is 0 Å². The molecule has 1 N–H and O–H groups in total. The molecule has 3 nitrogen and oxygen atoms in total. The minimum Gasteiger partial charge on any atom is -0.465 e. The van der Waals surface area contributed by atoms with Crippen molar-refractivity contribution in [3.05, 3.63) is 34.9 Å². The Labute approximate surface area is 119 Å². The number of carbonyl (C=O) groups is 1. The van der Waals surface area contributed by atoms with Gasteiger partial charge in [0.15, 0.2) is 0 Å². The molecule has 1 unspecified atom stereocenters. The Morgan fingerprint density at radius 1 is 1.37 bits per heavy atom. The first-order chi connectivity index (χ1) is 9.20. The van der Waals surface area contributed by atoms with Crippen LogP contribution >= 0.6 is 11.6 Å². The van der Waals surface area contributed by atoms with Gasteiger partial charge in [-0.25, -0.2) is 4.79 Å². The van der Waals surface area contributed by atoms with Gasteiger partial charge in [0.1, 0.15) is 6.04 Å². The lowest BCUT2D eigenvalue weighted by Gasteiger charge is -2.21. The van der Waals surface area contributed by atoms with Crippen molar-refractivity contribution in [1.82, 2.24) is 5.32 Å². The van der Waals surface area contributed by atoms with E-state index >= 15 is 0 Å². The molecule has 4 heteroatoms. The van der Waals surface area contributed by atoms with Crippen LogP contribution in [0.4, 0.5) is 0 Å². The Balaban J connectivity index is 2.12. The van der Waals surface area contributed by atoms with Gasteiger partial charge in [-0.05, 0) is 37.5 Å². The summed E-state index contributed by atoms with van der Waals surface area (Å²) in [6, 6.07) is 7.39. The van der Waals surface area contributed by atoms with E-state index in [4.69, 9.17) is 16.3 Å². The number of rotatable bonds is 5. The number of hydrogen-bond donors (Lipinski definition) is 1. The molecule has 0 spiro atoms. The fourth-order valence-electron chi connectivity index (χ4n) is 2.51. The van der Waals surface area contributed by atoms with Gasteiger partial charge in [0, 0.05) is 11.1 Å². The summed E-state index contributed by atoms with van der Waals surface area (Å²) in [5.41, 5.74) is 0.912. The molecule has 0 aliphatic heterocycles. The third-order valence-electron chi connectivity index (χ3n) is 3.48. The summed E-state index contributed by atoms with van der Waals surface area (Å²) in [6.45, 7) is 2.22. The molecule has 0 saturated heterocycles. The van der Waals surface area contributed by atoms with Crippen LogP contribution in [0.5, 0.6) is 0 Å². The Hall–Kier alpha value is -1.06. The monoisotopic (exact) mass is 281 g/mol. The topological polar surface area (TPSA) is 38.3 Å². The number of ether oxygens (including phenoxy) is 1. The van der Waals surface area contributed by atoms with Crippen molar-refractivity contribution in [3.63, 3.8) is 0 Å². The van der Waals surface area contributed by atoms with Crippen molar-refractivity contribution < 1.29 is 9.53 Å². The van der Waals surface area contributed by atoms with E-state index < -0.39 is 0 Å². The van der Waals surface area contributed by atoms with Crippen molar-refractivity contribution in [2.24, 2.45) is 0 Å². The number of benzene rings is 1. The van der Waals surface area contributed by atoms with E-state index in [0.717, 1.165) is 18.4 Å². The molecular weight excluding hydrogens is 262 g/mol. The van der Waals surface area contributed by atoms with Gasteiger partial charge in [-0.3, -0.25) is 5.32 Å². The van der Waals surface area contributed by atoms with Crippen LogP contribution in [0.25, 0.3) is 0 Å². The van der Waals surface area contributed by atoms with E-state index in [-0.39, 0.29) is 12.0 Å². The molecule has 2 rings (SSSR count). The summed E-state index contributed by atoms with van der Waals surface area (Å²) in [7, 11) is 0. The van der Waals surface area contributed by atoms with Crippen LogP contribution in [0.2, 0.25) is 5.02 Å². The summed E-state index contributed by atoms with van der Waals surface area (Å²) in [5, 5.41) is 4.09. The molecule has 1 fully saturated rings. The predicted octanol–water partition coefficient (Wildman–Crippen LogP) is 3.48. The van der Waals surface area contributed by atoms with Gasteiger partial charge in [-0.15, -0.1) is 0 Å². The van der Waals surface area contributed by atoms with Crippen LogP contribution in [-0.2, 0) is 9.53 Å². The van der Waals surface area contributed by atoms with Crippen molar-refractivity contribution in [1.29, 1.82) is 0 Å². The minimum absolute atomic E-state index is 0.211. The average molecular weight is 282 g/mol. The fraction of sp³-hybridized carbons (Fsp3) is 0.533. The first-order valence-corrected chi connectivity index (χ1v) is 7.26. The van der Waals surface area contributed by atoms with E-state index in [1.807, 2.05) is 19.1 Å². The second kappa shape index (κ2) is 6.92. The van der Waals surface area contributed by atoms with Crippen molar-refractivity contribution in [2.45, 2.75) is 44.7 Å². The molecule has 0 bridgehead atoms. The summed E-state index contributed by atoms with van der Waals surface area (Å²) in [5.74, 6) is -0.211. The van der Waals surface area contributed by atoms with Crippen LogP contribution in [0.15, 0.2) is 24.3 Å². The lowest BCUT2D eigenvalue weighted by atomic mass is 10.1. The summed E-state index contributed by atoms with van der Waals surface area (Å²) >= 11 is 5.89. The minimum atomic E-state index is -0.389. The average Bonchev–Trinajstić information content (AvgIpc) is 2.90. The van der Waals surface area contributed by atoms with Gasteiger partial charge in [0.25, 0.3) is 0 Å². The first-order valence-electron chi connectivity index (χ1n) is 6.89. The predicted molar refractivity (Wildman–Crippen MR) is 76.2 cm³/mol. The zero-order valence-corrected chi connectivity index (χ0v) is 12.0. The SMILES string of the molecule is CCOC(=O)C(NC1CCCC1)c1ccc(Cl)cc1. The number of hydrogen-bond acceptors (Lipinski definition) is 3. The lowest BCUT2D eigenvalue weighted by molar-refractivity contribution is -0.146. The van der Waals surface area contributed by atoms with Crippen LogP contribution in [-0.4, -0.2) is 18.6 Å². The molecule has 0 radical (unpaired) electrons. The molecule has 1 saturated carbocycles. The highest BCUT2D eigenvalue weighted by molar-refractivity contribution is 6.30. The molecule has 0 heterocycles. The quantitative estimate of drug-likeness (QED) is 0.840. The molecule has 1 aromatic carbocycles. The highest BCUT2D eigenvalue weighted by Gasteiger charge is 2.26. The van der Waals surface area contributed by atoms with E-state index in [1.54, 1.807) is 12.1 Å². The van der Waals surface area contributed by atoms with Crippen LogP contribution < -0.4 is 5.32 Å². The zero-order valence-electron chi connectivity index (χ0n) is 11.2. The largest absolute Gasteiger partial charge is 0.465 e. The van der Waals surface area contributed by atoms with E-state index in [1.165, 1.54) is 12.8 Å². The van der Waals surface area contributed by atoms with Crippen LogP contribution in [0, 0.1) is 0 Å². The van der Waals surface area contributed by atoms with Gasteiger partial charge in [-0.1, -0.05) is 36.6 Å².